The fourth-order valence-electron chi connectivity index (χ4n) is 6.96. The normalized spacial score (nSPS) is 11.4. The third-order valence-corrected chi connectivity index (χ3v) is 10.2. The van der Waals surface area contributed by atoms with Gasteiger partial charge >= 0.3 is 5.97 Å². The minimum atomic E-state index is 0.0287. The second kappa shape index (κ2) is 42.5. The van der Waals surface area contributed by atoms with E-state index in [0.717, 1.165) is 12.8 Å². The van der Waals surface area contributed by atoms with E-state index >= 15 is 0 Å². The lowest BCUT2D eigenvalue weighted by molar-refractivity contribution is -0.143. The maximum atomic E-state index is 11.9. The van der Waals surface area contributed by atoms with E-state index in [1.807, 2.05) is 0 Å². The quantitative estimate of drug-likeness (QED) is 0.0487. The SMILES string of the molecule is CCCCCCCCCCCCCCCCCCCCCCCCCCCCCCCC(=O)OCCCCCCCCCCCC. The van der Waals surface area contributed by atoms with Crippen LogP contribution in [0.4, 0.5) is 0 Å². The van der Waals surface area contributed by atoms with Crippen molar-refractivity contribution in [2.75, 3.05) is 6.61 Å². The summed E-state index contributed by atoms with van der Waals surface area (Å²) in [6, 6.07) is 0. The van der Waals surface area contributed by atoms with Crippen LogP contribution in [-0.2, 0) is 9.53 Å². The number of ether oxygens (including phenoxy) is 1. The second-order valence-corrected chi connectivity index (χ2v) is 15.1. The van der Waals surface area contributed by atoms with Crippen LogP contribution in [0.1, 0.15) is 271 Å². The molecule has 0 aromatic rings. The molecule has 276 valence electrons. The lowest BCUT2D eigenvalue weighted by atomic mass is 10.0. The predicted octanol–water partition coefficient (Wildman–Crippen LogP) is 16.2. The Bertz CT molecular complexity index is 544. The van der Waals surface area contributed by atoms with Crippen molar-refractivity contribution >= 4 is 5.97 Å². The standard InChI is InChI=1S/C44H88O2/c1-3-5-7-9-11-13-15-16-17-18-19-20-21-22-23-24-25-26-27-28-29-30-31-32-33-34-36-38-40-42-44(45)46-43-41-39-37-35-14-12-10-8-6-4-2/h3-43H2,1-2H3. The zero-order chi connectivity index (χ0) is 33.3. The molecule has 0 aliphatic rings. The average Bonchev–Trinajstić information content (AvgIpc) is 3.06. The van der Waals surface area contributed by atoms with Crippen LogP contribution in [0.15, 0.2) is 0 Å². The molecule has 0 fully saturated rings. The van der Waals surface area contributed by atoms with Gasteiger partial charge in [-0.05, 0) is 12.8 Å². The summed E-state index contributed by atoms with van der Waals surface area (Å²) in [7, 11) is 0. The van der Waals surface area contributed by atoms with Crippen LogP contribution < -0.4 is 0 Å². The molecular formula is C44H88O2. The molecule has 0 unspecified atom stereocenters. The molecule has 0 rings (SSSR count). The lowest BCUT2D eigenvalue weighted by Crippen LogP contribution is -2.05. The van der Waals surface area contributed by atoms with E-state index in [0.29, 0.717) is 13.0 Å². The number of esters is 1. The third kappa shape index (κ3) is 41.5. The molecule has 0 aromatic heterocycles. The molecule has 2 nitrogen and oxygen atoms in total. The summed E-state index contributed by atoms with van der Waals surface area (Å²) in [5.74, 6) is 0.0287. The highest BCUT2D eigenvalue weighted by molar-refractivity contribution is 5.69. The average molecular weight is 649 g/mol. The Morgan fingerprint density at radius 3 is 0.717 bits per heavy atom. The second-order valence-electron chi connectivity index (χ2n) is 15.1. The highest BCUT2D eigenvalue weighted by atomic mass is 16.5. The molecule has 0 saturated heterocycles. The lowest BCUT2D eigenvalue weighted by Gasteiger charge is -2.06. The summed E-state index contributed by atoms with van der Waals surface area (Å²) < 4.78 is 5.44. The van der Waals surface area contributed by atoms with Gasteiger partial charge in [-0.25, -0.2) is 0 Å². The maximum Gasteiger partial charge on any atom is 0.305 e. The predicted molar refractivity (Wildman–Crippen MR) is 207 cm³/mol. The number of carbonyl (C=O) groups is 1. The summed E-state index contributed by atoms with van der Waals surface area (Å²) in [4.78, 5) is 11.9. The van der Waals surface area contributed by atoms with E-state index in [2.05, 4.69) is 13.8 Å². The molecule has 0 aromatic carbocycles. The number of hydrogen-bond donors (Lipinski definition) is 0. The van der Waals surface area contributed by atoms with Gasteiger partial charge in [-0.15, -0.1) is 0 Å². The molecule has 0 saturated carbocycles. The van der Waals surface area contributed by atoms with Gasteiger partial charge in [-0.2, -0.15) is 0 Å². The topological polar surface area (TPSA) is 26.3 Å². The molecule has 0 heterocycles. The molecule has 0 spiro atoms. The van der Waals surface area contributed by atoms with Gasteiger partial charge in [0.05, 0.1) is 6.61 Å². The molecule has 0 aliphatic carbocycles. The van der Waals surface area contributed by atoms with Crippen LogP contribution in [0.2, 0.25) is 0 Å². The van der Waals surface area contributed by atoms with Gasteiger partial charge in [-0.3, -0.25) is 4.79 Å². The highest BCUT2D eigenvalue weighted by Gasteiger charge is 2.03. The summed E-state index contributed by atoms with van der Waals surface area (Å²) >= 11 is 0. The van der Waals surface area contributed by atoms with Gasteiger partial charge in [0.2, 0.25) is 0 Å². The van der Waals surface area contributed by atoms with Gasteiger partial charge in [0.1, 0.15) is 0 Å². The van der Waals surface area contributed by atoms with Crippen molar-refractivity contribution in [1.29, 1.82) is 0 Å². The van der Waals surface area contributed by atoms with Gasteiger partial charge in [0.15, 0.2) is 0 Å². The van der Waals surface area contributed by atoms with Gasteiger partial charge in [0, 0.05) is 6.42 Å². The van der Waals surface area contributed by atoms with E-state index in [1.165, 1.54) is 238 Å². The molecule has 0 amide bonds. The van der Waals surface area contributed by atoms with Crippen molar-refractivity contribution in [2.24, 2.45) is 0 Å². The minimum Gasteiger partial charge on any atom is -0.466 e. The Balaban J connectivity index is 3.11. The maximum absolute atomic E-state index is 11.9. The summed E-state index contributed by atoms with van der Waals surface area (Å²) in [5.41, 5.74) is 0. The van der Waals surface area contributed by atoms with Crippen molar-refractivity contribution in [3.05, 3.63) is 0 Å². The number of unbranched alkanes of at least 4 members (excludes halogenated alkanes) is 37. The first kappa shape index (κ1) is 45.5. The monoisotopic (exact) mass is 649 g/mol. The molecule has 0 aliphatic heterocycles. The van der Waals surface area contributed by atoms with E-state index in [1.54, 1.807) is 0 Å². The fourth-order valence-corrected chi connectivity index (χ4v) is 6.96. The first-order valence-corrected chi connectivity index (χ1v) is 22.0. The number of rotatable bonds is 41. The first-order chi connectivity index (χ1) is 22.8. The van der Waals surface area contributed by atoms with E-state index in [9.17, 15) is 4.79 Å². The largest absolute Gasteiger partial charge is 0.466 e. The van der Waals surface area contributed by atoms with Gasteiger partial charge in [-0.1, -0.05) is 251 Å². The van der Waals surface area contributed by atoms with Crippen LogP contribution in [0.5, 0.6) is 0 Å². The smallest absolute Gasteiger partial charge is 0.305 e. The molecule has 0 N–H and O–H groups in total. The third-order valence-electron chi connectivity index (χ3n) is 10.2. The van der Waals surface area contributed by atoms with Crippen LogP contribution in [0.25, 0.3) is 0 Å². The number of carbonyl (C=O) groups excluding carboxylic acids is 1. The van der Waals surface area contributed by atoms with E-state index in [-0.39, 0.29) is 5.97 Å². The highest BCUT2D eigenvalue weighted by Crippen LogP contribution is 2.17. The molecular weight excluding hydrogens is 560 g/mol. The number of hydrogen-bond acceptors (Lipinski definition) is 2. The Kier molecular flexibility index (Phi) is 42.0. The van der Waals surface area contributed by atoms with Gasteiger partial charge in [0.25, 0.3) is 0 Å². The summed E-state index contributed by atoms with van der Waals surface area (Å²) in [6.45, 7) is 5.21. The Hall–Kier alpha value is -0.530. The Labute approximate surface area is 292 Å². The Morgan fingerprint density at radius 1 is 0.283 bits per heavy atom. The van der Waals surface area contributed by atoms with Crippen molar-refractivity contribution in [1.82, 2.24) is 0 Å². The molecule has 2 heteroatoms. The molecule has 0 atom stereocenters. The molecule has 46 heavy (non-hydrogen) atoms. The minimum absolute atomic E-state index is 0.0287. The van der Waals surface area contributed by atoms with Crippen molar-refractivity contribution in [3.63, 3.8) is 0 Å². The molecule has 0 bridgehead atoms. The van der Waals surface area contributed by atoms with Crippen molar-refractivity contribution in [3.8, 4) is 0 Å². The van der Waals surface area contributed by atoms with E-state index < -0.39 is 0 Å². The summed E-state index contributed by atoms with van der Waals surface area (Å²) in [5, 5.41) is 0. The van der Waals surface area contributed by atoms with E-state index in [4.69, 9.17) is 4.74 Å². The van der Waals surface area contributed by atoms with Crippen LogP contribution in [-0.4, -0.2) is 12.6 Å². The zero-order valence-electron chi connectivity index (χ0n) is 32.3. The summed E-state index contributed by atoms with van der Waals surface area (Å²) in [6.07, 6.45) is 55.1. The van der Waals surface area contributed by atoms with Crippen LogP contribution >= 0.6 is 0 Å². The van der Waals surface area contributed by atoms with Crippen molar-refractivity contribution < 1.29 is 9.53 Å². The molecule has 0 radical (unpaired) electrons. The van der Waals surface area contributed by atoms with Crippen LogP contribution in [0, 0.1) is 0 Å². The zero-order valence-corrected chi connectivity index (χ0v) is 32.3. The fraction of sp³-hybridized carbons (Fsp3) is 0.977. The van der Waals surface area contributed by atoms with Crippen LogP contribution in [0.3, 0.4) is 0 Å². The van der Waals surface area contributed by atoms with Crippen molar-refractivity contribution in [2.45, 2.75) is 271 Å². The first-order valence-electron chi connectivity index (χ1n) is 22.0. The van der Waals surface area contributed by atoms with Gasteiger partial charge < -0.3 is 4.74 Å². The Morgan fingerprint density at radius 2 is 0.478 bits per heavy atom.